The van der Waals surface area contributed by atoms with Crippen LogP contribution in [0.25, 0.3) is 0 Å². The predicted octanol–water partition coefficient (Wildman–Crippen LogP) is 4.21. The monoisotopic (exact) mass is 353 g/mol. The molecule has 2 aromatic rings. The number of ketones is 1. The molecular formula is C21H23NO4. The molecule has 5 heteroatoms. The van der Waals surface area contributed by atoms with Crippen LogP contribution in [-0.4, -0.2) is 37.4 Å². The number of nitrogens with zero attached hydrogens (tertiary/aromatic N) is 1. The van der Waals surface area contributed by atoms with Crippen molar-refractivity contribution in [3.05, 3.63) is 53.6 Å². The van der Waals surface area contributed by atoms with Gasteiger partial charge in [0.2, 0.25) is 5.78 Å². The van der Waals surface area contributed by atoms with Crippen LogP contribution < -0.4 is 9.47 Å². The molecule has 26 heavy (non-hydrogen) atoms. The molecule has 1 atom stereocenters. The lowest BCUT2D eigenvalue weighted by atomic mass is 9.92. The SMILES string of the molecule is CCOc1cc2c(c(OCC)c1)C(=O)C(OCC)C(c1ccccc1)=N2. The van der Waals surface area contributed by atoms with Crippen molar-refractivity contribution in [1.82, 2.24) is 0 Å². The van der Waals surface area contributed by atoms with Crippen LogP contribution >= 0.6 is 0 Å². The Morgan fingerprint density at radius 3 is 2.35 bits per heavy atom. The Kier molecular flexibility index (Phi) is 5.68. The molecule has 1 heterocycles. The summed E-state index contributed by atoms with van der Waals surface area (Å²) in [4.78, 5) is 18.0. The van der Waals surface area contributed by atoms with Crippen LogP contribution in [0.15, 0.2) is 47.5 Å². The van der Waals surface area contributed by atoms with Crippen LogP contribution in [0.1, 0.15) is 36.7 Å². The minimum atomic E-state index is -0.743. The number of aliphatic imine (C=N–C) groups is 1. The van der Waals surface area contributed by atoms with Gasteiger partial charge >= 0.3 is 0 Å². The molecule has 0 saturated heterocycles. The standard InChI is InChI=1S/C21H23NO4/c1-4-24-15-12-16-18(17(13-15)25-5-2)20(23)21(26-6-3)19(22-16)14-10-8-7-9-11-14/h7-13,21H,4-6H2,1-3H3. The van der Waals surface area contributed by atoms with Gasteiger partial charge in [-0.2, -0.15) is 0 Å². The summed E-state index contributed by atoms with van der Waals surface area (Å²) in [5, 5.41) is 0. The zero-order chi connectivity index (χ0) is 18.5. The van der Waals surface area contributed by atoms with Crippen LogP contribution in [0.3, 0.4) is 0 Å². The van der Waals surface area contributed by atoms with E-state index < -0.39 is 6.10 Å². The summed E-state index contributed by atoms with van der Waals surface area (Å²) in [6.45, 7) is 7.05. The smallest absolute Gasteiger partial charge is 0.203 e. The molecule has 2 aromatic carbocycles. The average molecular weight is 353 g/mol. The molecule has 136 valence electrons. The fourth-order valence-corrected chi connectivity index (χ4v) is 3.02. The minimum absolute atomic E-state index is 0.137. The van der Waals surface area contributed by atoms with Gasteiger partial charge < -0.3 is 14.2 Å². The van der Waals surface area contributed by atoms with Crippen LogP contribution in [0, 0.1) is 0 Å². The van der Waals surface area contributed by atoms with Crippen LogP contribution in [0.5, 0.6) is 11.5 Å². The molecule has 0 spiro atoms. The van der Waals surface area contributed by atoms with Crippen molar-refractivity contribution in [3.63, 3.8) is 0 Å². The van der Waals surface area contributed by atoms with Gasteiger partial charge in [0.25, 0.3) is 0 Å². The van der Waals surface area contributed by atoms with Gasteiger partial charge in [-0.3, -0.25) is 4.79 Å². The third kappa shape index (κ3) is 3.48. The topological polar surface area (TPSA) is 57.1 Å². The lowest BCUT2D eigenvalue weighted by Gasteiger charge is -2.26. The molecule has 0 aliphatic carbocycles. The van der Waals surface area contributed by atoms with E-state index in [0.717, 1.165) is 5.56 Å². The average Bonchev–Trinajstić information content (AvgIpc) is 2.65. The number of hydrogen-bond acceptors (Lipinski definition) is 5. The van der Waals surface area contributed by atoms with Gasteiger partial charge in [0, 0.05) is 18.7 Å². The molecule has 5 nitrogen and oxygen atoms in total. The quantitative estimate of drug-likeness (QED) is 0.748. The van der Waals surface area contributed by atoms with Gasteiger partial charge in [-0.05, 0) is 26.3 Å². The molecule has 0 amide bonds. The maximum Gasteiger partial charge on any atom is 0.203 e. The second-order valence-corrected chi connectivity index (χ2v) is 5.74. The van der Waals surface area contributed by atoms with Crippen molar-refractivity contribution in [1.29, 1.82) is 0 Å². The van der Waals surface area contributed by atoms with Crippen molar-refractivity contribution in [2.75, 3.05) is 19.8 Å². The summed E-state index contributed by atoms with van der Waals surface area (Å²) in [7, 11) is 0. The summed E-state index contributed by atoms with van der Waals surface area (Å²) in [5.41, 5.74) is 2.48. The summed E-state index contributed by atoms with van der Waals surface area (Å²) < 4.78 is 17.1. The number of fused-ring (bicyclic) bond motifs is 1. The molecular weight excluding hydrogens is 330 g/mol. The van der Waals surface area contributed by atoms with E-state index in [1.165, 1.54) is 0 Å². The van der Waals surface area contributed by atoms with Crippen LogP contribution in [-0.2, 0) is 4.74 Å². The van der Waals surface area contributed by atoms with E-state index in [1.807, 2.05) is 51.1 Å². The largest absolute Gasteiger partial charge is 0.494 e. The Morgan fingerprint density at radius 2 is 1.69 bits per heavy atom. The van der Waals surface area contributed by atoms with Gasteiger partial charge in [-0.15, -0.1) is 0 Å². The highest BCUT2D eigenvalue weighted by Gasteiger charge is 2.35. The normalized spacial score (nSPS) is 16.0. The lowest BCUT2D eigenvalue weighted by Crippen LogP contribution is -2.36. The third-order valence-corrected chi connectivity index (χ3v) is 4.04. The first-order valence-electron chi connectivity index (χ1n) is 8.93. The molecule has 0 saturated carbocycles. The molecule has 0 N–H and O–H groups in total. The number of Topliss-reactive ketones (excluding diaryl/α,β-unsaturated/α-hetero) is 1. The van der Waals surface area contributed by atoms with Crippen molar-refractivity contribution >= 4 is 17.2 Å². The number of rotatable bonds is 7. The highest BCUT2D eigenvalue weighted by atomic mass is 16.5. The van der Waals surface area contributed by atoms with E-state index in [9.17, 15) is 4.79 Å². The maximum absolute atomic E-state index is 13.2. The van der Waals surface area contributed by atoms with Crippen molar-refractivity contribution < 1.29 is 19.0 Å². The Morgan fingerprint density at radius 1 is 0.962 bits per heavy atom. The highest BCUT2D eigenvalue weighted by molar-refractivity contribution is 6.26. The molecule has 3 rings (SSSR count). The Labute approximate surface area is 153 Å². The van der Waals surface area contributed by atoms with Gasteiger partial charge in [-0.25, -0.2) is 4.99 Å². The summed E-state index contributed by atoms with van der Waals surface area (Å²) in [6.07, 6.45) is -0.743. The fourth-order valence-electron chi connectivity index (χ4n) is 3.02. The molecule has 1 aliphatic rings. The molecule has 0 aromatic heterocycles. The van der Waals surface area contributed by atoms with Gasteiger partial charge in [0.15, 0.2) is 6.10 Å². The Balaban J connectivity index is 2.19. The molecule has 0 bridgehead atoms. The number of benzene rings is 2. The van der Waals surface area contributed by atoms with E-state index in [-0.39, 0.29) is 5.78 Å². The first-order valence-corrected chi connectivity index (χ1v) is 8.93. The number of carbonyl (C=O) groups excluding carboxylic acids is 1. The maximum atomic E-state index is 13.2. The molecule has 1 unspecified atom stereocenters. The van der Waals surface area contributed by atoms with E-state index in [1.54, 1.807) is 12.1 Å². The van der Waals surface area contributed by atoms with E-state index in [0.29, 0.717) is 48.3 Å². The molecule has 0 fully saturated rings. The number of carbonyl (C=O) groups is 1. The fraction of sp³-hybridized carbons (Fsp3) is 0.333. The lowest BCUT2D eigenvalue weighted by molar-refractivity contribution is 0.0650. The highest BCUT2D eigenvalue weighted by Crippen LogP contribution is 2.39. The Bertz CT molecular complexity index is 814. The third-order valence-electron chi connectivity index (χ3n) is 4.04. The summed E-state index contributed by atoms with van der Waals surface area (Å²) >= 11 is 0. The second-order valence-electron chi connectivity index (χ2n) is 5.74. The number of hydrogen-bond donors (Lipinski definition) is 0. The predicted molar refractivity (Wildman–Crippen MR) is 101 cm³/mol. The van der Waals surface area contributed by atoms with Gasteiger partial charge in [0.05, 0.1) is 30.2 Å². The van der Waals surface area contributed by atoms with Crippen molar-refractivity contribution in [3.8, 4) is 11.5 Å². The minimum Gasteiger partial charge on any atom is -0.494 e. The molecule has 0 radical (unpaired) electrons. The van der Waals surface area contributed by atoms with Crippen LogP contribution in [0.2, 0.25) is 0 Å². The van der Waals surface area contributed by atoms with Crippen molar-refractivity contribution in [2.24, 2.45) is 4.99 Å². The summed E-state index contributed by atoms with van der Waals surface area (Å²) in [5.74, 6) is 0.981. The number of ether oxygens (including phenoxy) is 3. The molecule has 1 aliphatic heterocycles. The van der Waals surface area contributed by atoms with E-state index in [4.69, 9.17) is 19.2 Å². The zero-order valence-electron chi connectivity index (χ0n) is 15.3. The zero-order valence-corrected chi connectivity index (χ0v) is 15.3. The van der Waals surface area contributed by atoms with Gasteiger partial charge in [-0.1, -0.05) is 30.3 Å². The Hall–Kier alpha value is -2.66. The van der Waals surface area contributed by atoms with Crippen molar-refractivity contribution in [2.45, 2.75) is 26.9 Å². The van der Waals surface area contributed by atoms with Gasteiger partial charge in [0.1, 0.15) is 11.5 Å². The second kappa shape index (κ2) is 8.15. The summed E-state index contributed by atoms with van der Waals surface area (Å²) in [6, 6.07) is 13.2. The first-order chi connectivity index (χ1) is 12.7. The van der Waals surface area contributed by atoms with Crippen LogP contribution in [0.4, 0.5) is 5.69 Å². The van der Waals surface area contributed by atoms with E-state index in [2.05, 4.69) is 0 Å². The first kappa shape index (κ1) is 18.1. The van der Waals surface area contributed by atoms with E-state index >= 15 is 0 Å².